The van der Waals surface area contributed by atoms with Crippen molar-refractivity contribution in [3.63, 3.8) is 0 Å². The first-order valence-electron chi connectivity index (χ1n) is 11.4. The minimum atomic E-state index is -0.943. The Hall–Kier alpha value is -4.05. The number of hydrogen-bond donors (Lipinski definition) is 3. The van der Waals surface area contributed by atoms with Gasteiger partial charge in [0.25, 0.3) is 0 Å². The molecule has 0 aliphatic heterocycles. The summed E-state index contributed by atoms with van der Waals surface area (Å²) in [6.45, 7) is 8.02. The Balaban J connectivity index is 2.06. The van der Waals surface area contributed by atoms with Crippen LogP contribution in [0.25, 0.3) is 11.1 Å². The maximum absolute atomic E-state index is 12.6. The fraction of sp³-hybridized carbons (Fsp3) is 0.167. The fourth-order valence-electron chi connectivity index (χ4n) is 5.69. The Labute approximate surface area is 199 Å². The summed E-state index contributed by atoms with van der Waals surface area (Å²) in [5, 5.41) is 10.3. The van der Waals surface area contributed by atoms with Gasteiger partial charge in [0.2, 0.25) is 0 Å². The lowest BCUT2D eigenvalue weighted by Crippen LogP contribution is -2.31. The van der Waals surface area contributed by atoms with E-state index in [0.717, 1.165) is 67.0 Å². The van der Waals surface area contributed by atoms with E-state index in [1.54, 1.807) is 6.07 Å². The van der Waals surface area contributed by atoms with E-state index in [9.17, 15) is 9.90 Å². The number of fused-ring (bicyclic) bond motifs is 3. The standard InChI is InChI=1S/C30H28N2O2/c1-16-12-20(13-17(2)27(16)31)30(21-14-18(3)28(32)19(4)15-21)25-11-6-5-8-22(25)23-9-7-10-24(26(23)30)29(33)34/h5-15H,31-32H2,1-4H3,(H,33,34). The van der Waals surface area contributed by atoms with Crippen molar-refractivity contribution in [3.8, 4) is 11.1 Å². The van der Waals surface area contributed by atoms with E-state index < -0.39 is 11.4 Å². The molecule has 0 amide bonds. The van der Waals surface area contributed by atoms with Crippen LogP contribution in [0, 0.1) is 27.7 Å². The molecule has 0 spiro atoms. The van der Waals surface area contributed by atoms with E-state index in [-0.39, 0.29) is 0 Å². The number of carbonyl (C=O) groups is 1. The number of hydrogen-bond acceptors (Lipinski definition) is 3. The predicted octanol–water partition coefficient (Wildman–Crippen LogP) is 6.15. The van der Waals surface area contributed by atoms with Crippen LogP contribution >= 0.6 is 0 Å². The monoisotopic (exact) mass is 448 g/mol. The van der Waals surface area contributed by atoms with Crippen LogP contribution in [0.1, 0.15) is 54.9 Å². The van der Waals surface area contributed by atoms with Gasteiger partial charge >= 0.3 is 5.97 Å². The van der Waals surface area contributed by atoms with Crippen LogP contribution in [0.4, 0.5) is 11.4 Å². The number of nitrogen functional groups attached to an aromatic ring is 2. The minimum absolute atomic E-state index is 0.299. The number of nitrogens with two attached hydrogens (primary N) is 2. The summed E-state index contributed by atoms with van der Waals surface area (Å²) in [4.78, 5) is 12.6. The van der Waals surface area contributed by atoms with Gasteiger partial charge in [-0.2, -0.15) is 0 Å². The molecule has 1 aliphatic carbocycles. The third-order valence-corrected chi connectivity index (χ3v) is 7.34. The van der Waals surface area contributed by atoms with E-state index >= 15 is 0 Å². The summed E-state index contributed by atoms with van der Waals surface area (Å²) in [5.74, 6) is -0.943. The van der Waals surface area contributed by atoms with Crippen LogP contribution < -0.4 is 11.5 Å². The van der Waals surface area contributed by atoms with Gasteiger partial charge in [-0.3, -0.25) is 0 Å². The second kappa shape index (κ2) is 7.49. The third kappa shape index (κ3) is 2.81. The molecule has 0 aromatic heterocycles. The first-order valence-corrected chi connectivity index (χ1v) is 11.4. The molecule has 0 unspecified atom stereocenters. The van der Waals surface area contributed by atoms with Gasteiger partial charge in [0.1, 0.15) is 0 Å². The predicted molar refractivity (Wildman–Crippen MR) is 138 cm³/mol. The van der Waals surface area contributed by atoms with E-state index in [4.69, 9.17) is 11.5 Å². The van der Waals surface area contributed by atoms with Crippen LogP contribution in [0.3, 0.4) is 0 Å². The SMILES string of the molecule is Cc1cc(C2(c3cc(C)c(N)c(C)c3)c3ccccc3-c3cccc(C(=O)O)c32)cc(C)c1N. The highest BCUT2D eigenvalue weighted by atomic mass is 16.4. The number of carboxylic acids is 1. The van der Waals surface area contributed by atoms with Crippen molar-refractivity contribution in [2.24, 2.45) is 0 Å². The molecule has 4 heteroatoms. The first kappa shape index (κ1) is 21.8. The molecular formula is C30H28N2O2. The number of aromatic carboxylic acids is 1. The van der Waals surface area contributed by atoms with Gasteiger partial charge in [-0.05, 0) is 89.4 Å². The maximum atomic E-state index is 12.6. The number of anilines is 2. The molecule has 0 saturated carbocycles. The number of aryl methyl sites for hydroxylation is 4. The summed E-state index contributed by atoms with van der Waals surface area (Å²) in [6, 6.07) is 22.2. The van der Waals surface area contributed by atoms with Crippen molar-refractivity contribution in [3.05, 3.63) is 117 Å². The molecular weight excluding hydrogens is 420 g/mol. The lowest BCUT2D eigenvalue weighted by Gasteiger charge is -2.36. The quantitative estimate of drug-likeness (QED) is 0.289. The van der Waals surface area contributed by atoms with Crippen molar-refractivity contribution < 1.29 is 9.90 Å². The molecule has 4 aromatic rings. The molecule has 0 radical (unpaired) electrons. The molecule has 170 valence electrons. The Bertz CT molecular complexity index is 1400. The summed E-state index contributed by atoms with van der Waals surface area (Å²) in [6.07, 6.45) is 0. The zero-order valence-corrected chi connectivity index (χ0v) is 19.9. The largest absolute Gasteiger partial charge is 0.478 e. The fourth-order valence-corrected chi connectivity index (χ4v) is 5.69. The lowest BCUT2D eigenvalue weighted by molar-refractivity contribution is 0.0695. The lowest BCUT2D eigenvalue weighted by atomic mass is 9.65. The minimum Gasteiger partial charge on any atom is -0.478 e. The van der Waals surface area contributed by atoms with E-state index in [2.05, 4.69) is 36.4 Å². The van der Waals surface area contributed by atoms with Crippen LogP contribution in [0.2, 0.25) is 0 Å². The third-order valence-electron chi connectivity index (χ3n) is 7.34. The second-order valence-corrected chi connectivity index (χ2v) is 9.38. The number of carboxylic acid groups (broad SMARTS) is 1. The average molecular weight is 449 g/mol. The number of rotatable bonds is 3. The molecule has 0 atom stereocenters. The van der Waals surface area contributed by atoms with Crippen molar-refractivity contribution in [2.75, 3.05) is 11.5 Å². The maximum Gasteiger partial charge on any atom is 0.336 e. The summed E-state index contributed by atoms with van der Waals surface area (Å²) in [7, 11) is 0. The molecule has 4 aromatic carbocycles. The van der Waals surface area contributed by atoms with Crippen LogP contribution in [-0.2, 0) is 5.41 Å². The van der Waals surface area contributed by atoms with Gasteiger partial charge in [0.15, 0.2) is 0 Å². The van der Waals surface area contributed by atoms with Gasteiger partial charge < -0.3 is 16.6 Å². The molecule has 0 fully saturated rings. The van der Waals surface area contributed by atoms with Gasteiger partial charge in [0.05, 0.1) is 11.0 Å². The summed E-state index contributed by atoms with van der Waals surface area (Å²) >= 11 is 0. The van der Waals surface area contributed by atoms with Crippen LogP contribution in [-0.4, -0.2) is 11.1 Å². The zero-order valence-electron chi connectivity index (χ0n) is 19.9. The number of benzene rings is 4. The van der Waals surface area contributed by atoms with Crippen molar-refractivity contribution >= 4 is 17.3 Å². The summed E-state index contributed by atoms with van der Waals surface area (Å²) < 4.78 is 0. The van der Waals surface area contributed by atoms with Crippen LogP contribution in [0.5, 0.6) is 0 Å². The van der Waals surface area contributed by atoms with E-state index in [0.29, 0.717) is 5.56 Å². The molecule has 1 aliphatic rings. The van der Waals surface area contributed by atoms with E-state index in [1.807, 2.05) is 52.0 Å². The molecule has 5 N–H and O–H groups in total. The molecule has 0 heterocycles. The average Bonchev–Trinajstić information content (AvgIpc) is 3.11. The van der Waals surface area contributed by atoms with E-state index in [1.165, 1.54) is 0 Å². The second-order valence-electron chi connectivity index (χ2n) is 9.38. The molecule has 5 rings (SSSR count). The molecule has 34 heavy (non-hydrogen) atoms. The van der Waals surface area contributed by atoms with Gasteiger partial charge in [-0.15, -0.1) is 0 Å². The Morgan fingerprint density at radius 1 is 0.706 bits per heavy atom. The van der Waals surface area contributed by atoms with Gasteiger partial charge in [-0.1, -0.05) is 60.7 Å². The first-order chi connectivity index (χ1) is 16.2. The van der Waals surface area contributed by atoms with Crippen molar-refractivity contribution in [1.29, 1.82) is 0 Å². The highest BCUT2D eigenvalue weighted by molar-refractivity contribution is 5.98. The topological polar surface area (TPSA) is 89.3 Å². The molecule has 4 nitrogen and oxygen atoms in total. The highest BCUT2D eigenvalue weighted by Crippen LogP contribution is 2.58. The normalized spacial score (nSPS) is 13.4. The smallest absolute Gasteiger partial charge is 0.336 e. The van der Waals surface area contributed by atoms with Gasteiger partial charge in [-0.25, -0.2) is 4.79 Å². The van der Waals surface area contributed by atoms with Gasteiger partial charge in [0, 0.05) is 11.4 Å². The Morgan fingerprint density at radius 3 is 1.68 bits per heavy atom. The summed E-state index contributed by atoms with van der Waals surface area (Å²) in [5.41, 5.74) is 23.4. The molecule has 0 saturated heterocycles. The highest BCUT2D eigenvalue weighted by Gasteiger charge is 2.48. The zero-order chi connectivity index (χ0) is 24.4. The Kier molecular flexibility index (Phi) is 4.80. The van der Waals surface area contributed by atoms with Crippen molar-refractivity contribution in [2.45, 2.75) is 33.1 Å². The molecule has 0 bridgehead atoms. The van der Waals surface area contributed by atoms with Crippen LogP contribution in [0.15, 0.2) is 66.7 Å². The Morgan fingerprint density at radius 2 is 1.18 bits per heavy atom. The van der Waals surface area contributed by atoms with Crippen molar-refractivity contribution in [1.82, 2.24) is 0 Å².